The van der Waals surface area contributed by atoms with Gasteiger partial charge in [-0.3, -0.25) is 19.6 Å². The van der Waals surface area contributed by atoms with Gasteiger partial charge in [0.15, 0.2) is 5.75 Å². The van der Waals surface area contributed by atoms with E-state index in [1.54, 1.807) is 6.07 Å². The van der Waals surface area contributed by atoms with Crippen molar-refractivity contribution < 1.29 is 26.9 Å². The van der Waals surface area contributed by atoms with Crippen molar-refractivity contribution >= 4 is 39.0 Å². The first-order valence-corrected chi connectivity index (χ1v) is 13.8. The van der Waals surface area contributed by atoms with Gasteiger partial charge in [-0.25, -0.2) is 13.4 Å². The minimum absolute atomic E-state index is 0.0804. The Balaban J connectivity index is 1.47. The van der Waals surface area contributed by atoms with Crippen molar-refractivity contribution in [1.29, 1.82) is 0 Å². The summed E-state index contributed by atoms with van der Waals surface area (Å²) in [5.41, 5.74) is 1.14. The van der Waals surface area contributed by atoms with Gasteiger partial charge in [-0.1, -0.05) is 0 Å². The van der Waals surface area contributed by atoms with Gasteiger partial charge in [0.25, 0.3) is 5.91 Å². The minimum atomic E-state index is -3.64. The first kappa shape index (κ1) is 22.8. The molecule has 0 spiro atoms. The monoisotopic (exact) mass is 554 g/mol. The highest BCUT2D eigenvalue weighted by molar-refractivity contribution is 7.89. The predicted octanol–water partition coefficient (Wildman–Crippen LogP) is 2.78. The number of sulfonamides is 1. The molecule has 0 radical (unpaired) electrons. The van der Waals surface area contributed by atoms with Crippen LogP contribution in [-0.4, -0.2) is 66.7 Å². The largest absolute Gasteiger partial charge is 0.494 e. The topological polar surface area (TPSA) is 156 Å². The number of anilines is 3. The van der Waals surface area contributed by atoms with Gasteiger partial charge in [0, 0.05) is 54.8 Å². The SMILES string of the molecule is [2H]C([2H])([2H])NC(=O)c1cnc(NC(=O)C2CC2)cc1Nc1cncc(-c2ccc(S(=O)(=O)N3CCCC3)cn2)c1OC. The van der Waals surface area contributed by atoms with Gasteiger partial charge >= 0.3 is 0 Å². The summed E-state index contributed by atoms with van der Waals surface area (Å²) in [5.74, 6) is -0.762. The summed E-state index contributed by atoms with van der Waals surface area (Å²) in [6, 6.07) is 4.45. The minimum Gasteiger partial charge on any atom is -0.494 e. The molecule has 1 saturated carbocycles. The average molecular weight is 555 g/mol. The highest BCUT2D eigenvalue weighted by atomic mass is 32.2. The van der Waals surface area contributed by atoms with Crippen LogP contribution in [0.4, 0.5) is 17.2 Å². The molecule has 3 aromatic heterocycles. The van der Waals surface area contributed by atoms with Crippen molar-refractivity contribution in [3.63, 3.8) is 0 Å². The maximum atomic E-state index is 12.9. The summed E-state index contributed by atoms with van der Waals surface area (Å²) in [6.45, 7) is -1.79. The number of carbonyl (C=O) groups excluding carboxylic acids is 2. The maximum Gasteiger partial charge on any atom is 0.254 e. The quantitative estimate of drug-likeness (QED) is 0.362. The predicted molar refractivity (Wildman–Crippen MR) is 144 cm³/mol. The van der Waals surface area contributed by atoms with Crippen LogP contribution in [0.15, 0.2) is 47.9 Å². The van der Waals surface area contributed by atoms with E-state index in [0.717, 1.165) is 31.9 Å². The van der Waals surface area contributed by atoms with E-state index in [2.05, 4.69) is 25.6 Å². The summed E-state index contributed by atoms with van der Waals surface area (Å²) in [4.78, 5) is 38.0. The number of amides is 2. The van der Waals surface area contributed by atoms with Gasteiger partial charge in [-0.05, 0) is 37.8 Å². The van der Waals surface area contributed by atoms with Gasteiger partial charge in [0.1, 0.15) is 16.4 Å². The molecule has 2 aliphatic rings. The molecule has 1 aliphatic heterocycles. The van der Waals surface area contributed by atoms with E-state index in [-0.39, 0.29) is 39.5 Å². The van der Waals surface area contributed by atoms with E-state index < -0.39 is 22.9 Å². The molecule has 0 atom stereocenters. The lowest BCUT2D eigenvalue weighted by molar-refractivity contribution is -0.117. The Morgan fingerprint density at radius 3 is 2.54 bits per heavy atom. The lowest BCUT2D eigenvalue weighted by Gasteiger charge is -2.17. The van der Waals surface area contributed by atoms with E-state index in [0.29, 0.717) is 30.0 Å². The first-order chi connectivity index (χ1) is 20.0. The first-order valence-electron chi connectivity index (χ1n) is 13.9. The van der Waals surface area contributed by atoms with Crippen molar-refractivity contribution in [2.45, 2.75) is 30.6 Å². The summed E-state index contributed by atoms with van der Waals surface area (Å²) in [5, 5.41) is 7.69. The molecule has 0 bridgehead atoms. The Morgan fingerprint density at radius 2 is 1.87 bits per heavy atom. The van der Waals surface area contributed by atoms with E-state index in [4.69, 9.17) is 8.85 Å². The smallest absolute Gasteiger partial charge is 0.254 e. The van der Waals surface area contributed by atoms with Crippen molar-refractivity contribution in [2.75, 3.05) is 37.8 Å². The maximum absolute atomic E-state index is 12.9. The number of nitrogens with one attached hydrogen (secondary N) is 3. The van der Waals surface area contributed by atoms with E-state index in [9.17, 15) is 18.0 Å². The van der Waals surface area contributed by atoms with Crippen LogP contribution >= 0.6 is 0 Å². The Labute approximate surface area is 230 Å². The van der Waals surface area contributed by atoms with Crippen LogP contribution in [0.5, 0.6) is 5.75 Å². The number of hydrogen-bond acceptors (Lipinski definition) is 9. The third-order valence-corrected chi connectivity index (χ3v) is 8.43. The fraction of sp³-hybridized carbons (Fsp3) is 0.346. The molecule has 0 aromatic carbocycles. The van der Waals surface area contributed by atoms with Gasteiger partial charge in [0.05, 0.1) is 35.8 Å². The molecule has 13 heteroatoms. The number of hydrogen-bond donors (Lipinski definition) is 3. The normalized spacial score (nSPS) is 17.0. The lowest BCUT2D eigenvalue weighted by atomic mass is 10.1. The molecular weight excluding hydrogens is 522 g/mol. The van der Waals surface area contributed by atoms with E-state index >= 15 is 0 Å². The fourth-order valence-corrected chi connectivity index (χ4v) is 5.77. The zero-order valence-electron chi connectivity index (χ0n) is 24.1. The van der Waals surface area contributed by atoms with Gasteiger partial charge in [-0.15, -0.1) is 0 Å². The molecule has 4 heterocycles. The molecular formula is C26H29N7O5S. The summed E-state index contributed by atoms with van der Waals surface area (Å²) in [7, 11) is -2.22. The molecule has 204 valence electrons. The molecule has 1 aliphatic carbocycles. The van der Waals surface area contributed by atoms with Crippen LogP contribution in [0.2, 0.25) is 0 Å². The third kappa shape index (κ3) is 5.54. The van der Waals surface area contributed by atoms with Crippen molar-refractivity contribution in [3.8, 4) is 17.0 Å². The number of ether oxygens (including phenoxy) is 1. The zero-order chi connectivity index (χ0) is 30.1. The standard InChI is InChI=1S/C26H29N7O5S/c1-27-26(35)19-14-30-23(32-25(34)16-5-6-16)11-21(19)31-22-15-28-13-18(24(22)38-2)20-8-7-17(12-29-20)39(36,37)33-9-3-4-10-33/h7-8,11-16H,3-6,9-10H2,1-2H3,(H,27,35)(H2,30,31,32,34)/i1D3. The fourth-order valence-electron chi connectivity index (χ4n) is 4.30. The molecule has 39 heavy (non-hydrogen) atoms. The van der Waals surface area contributed by atoms with Crippen molar-refractivity contribution in [2.24, 2.45) is 5.92 Å². The Hall–Kier alpha value is -4.10. The molecule has 3 aromatic rings. The van der Waals surface area contributed by atoms with Crippen LogP contribution in [0.1, 0.15) is 40.2 Å². The molecule has 2 amide bonds. The summed E-state index contributed by atoms with van der Waals surface area (Å²) >= 11 is 0. The van der Waals surface area contributed by atoms with E-state index in [1.807, 2.05) is 5.32 Å². The Bertz CT molecular complexity index is 1610. The number of pyridine rings is 3. The number of nitrogens with zero attached hydrogens (tertiary/aromatic N) is 4. The van der Waals surface area contributed by atoms with Crippen LogP contribution in [-0.2, 0) is 14.8 Å². The van der Waals surface area contributed by atoms with Crippen molar-refractivity contribution in [1.82, 2.24) is 24.6 Å². The lowest BCUT2D eigenvalue weighted by Crippen LogP contribution is -2.27. The molecule has 2 fully saturated rings. The van der Waals surface area contributed by atoms with Crippen LogP contribution in [0.25, 0.3) is 11.3 Å². The van der Waals surface area contributed by atoms with Gasteiger partial charge in [-0.2, -0.15) is 4.31 Å². The average Bonchev–Trinajstić information content (AvgIpc) is 3.65. The van der Waals surface area contributed by atoms with Gasteiger partial charge < -0.3 is 20.7 Å². The molecule has 1 saturated heterocycles. The van der Waals surface area contributed by atoms with E-state index in [1.165, 1.54) is 42.1 Å². The third-order valence-electron chi connectivity index (χ3n) is 6.55. The summed E-state index contributed by atoms with van der Waals surface area (Å²) in [6.07, 6.45) is 8.58. The number of aromatic nitrogens is 3. The Morgan fingerprint density at radius 1 is 1.08 bits per heavy atom. The van der Waals surface area contributed by atoms with Crippen molar-refractivity contribution in [3.05, 3.63) is 48.5 Å². The highest BCUT2D eigenvalue weighted by Crippen LogP contribution is 2.37. The van der Waals surface area contributed by atoms with Crippen LogP contribution in [0.3, 0.4) is 0 Å². The number of methoxy groups -OCH3 is 1. The zero-order valence-corrected chi connectivity index (χ0v) is 21.9. The number of rotatable bonds is 9. The molecule has 3 N–H and O–H groups in total. The van der Waals surface area contributed by atoms with Crippen LogP contribution < -0.4 is 20.7 Å². The van der Waals surface area contributed by atoms with Gasteiger partial charge in [0.2, 0.25) is 15.9 Å². The molecule has 5 rings (SSSR count). The number of carbonyl (C=O) groups is 2. The summed E-state index contributed by atoms with van der Waals surface area (Å²) < 4.78 is 55.1. The highest BCUT2D eigenvalue weighted by Gasteiger charge is 2.30. The molecule has 0 unspecified atom stereocenters. The second kappa shape index (κ2) is 10.9. The Kier molecular flexibility index (Phi) is 6.41. The second-order valence-electron chi connectivity index (χ2n) is 9.22. The second-order valence-corrected chi connectivity index (χ2v) is 11.2. The molecule has 12 nitrogen and oxygen atoms in total. The van der Waals surface area contributed by atoms with Crippen LogP contribution in [0, 0.1) is 5.92 Å².